The number of sulfonamides is 1. The molecule has 29 heavy (non-hydrogen) atoms. The summed E-state index contributed by atoms with van der Waals surface area (Å²) in [5.41, 5.74) is 2.77. The van der Waals surface area contributed by atoms with Gasteiger partial charge >= 0.3 is 0 Å². The van der Waals surface area contributed by atoms with E-state index in [2.05, 4.69) is 12.1 Å². The normalized spacial score (nSPS) is 19.1. The number of ether oxygens (including phenoxy) is 1. The molecule has 1 aliphatic carbocycles. The second-order valence-corrected chi connectivity index (χ2v) is 9.86. The van der Waals surface area contributed by atoms with Crippen molar-refractivity contribution in [3.8, 4) is 5.75 Å². The smallest absolute Gasteiger partial charge is 0.243 e. The zero-order valence-electron chi connectivity index (χ0n) is 16.6. The minimum absolute atomic E-state index is 0.258. The van der Waals surface area contributed by atoms with E-state index in [4.69, 9.17) is 4.74 Å². The van der Waals surface area contributed by atoms with Crippen LogP contribution in [-0.2, 0) is 22.9 Å². The molecule has 1 atom stereocenters. The summed E-state index contributed by atoms with van der Waals surface area (Å²) in [7, 11) is -3.43. The molecule has 0 radical (unpaired) electrons. The van der Waals surface area contributed by atoms with Crippen molar-refractivity contribution in [2.75, 3.05) is 39.3 Å². The highest BCUT2D eigenvalue weighted by molar-refractivity contribution is 7.89. The number of nitrogens with one attached hydrogen (secondary N) is 1. The van der Waals surface area contributed by atoms with Crippen LogP contribution < -0.4 is 9.64 Å². The van der Waals surface area contributed by atoms with Crippen LogP contribution in [0.25, 0.3) is 0 Å². The minimum atomic E-state index is -3.43. The number of piperazine rings is 1. The van der Waals surface area contributed by atoms with Crippen LogP contribution in [0.5, 0.6) is 5.75 Å². The Hall–Kier alpha value is -1.93. The Morgan fingerprint density at radius 3 is 2.52 bits per heavy atom. The molecular weight excluding hydrogens is 388 g/mol. The number of fused-ring (bicyclic) bond motifs is 1. The maximum absolute atomic E-state index is 12.7. The van der Waals surface area contributed by atoms with E-state index in [0.29, 0.717) is 37.6 Å². The lowest BCUT2D eigenvalue weighted by molar-refractivity contribution is -0.906. The molecule has 2 aromatic carbocycles. The van der Waals surface area contributed by atoms with Crippen LogP contribution in [-0.4, -0.2) is 63.3 Å². The number of hydrogen-bond donors (Lipinski definition) is 2. The molecule has 1 saturated heterocycles. The van der Waals surface area contributed by atoms with Gasteiger partial charge in [0.2, 0.25) is 10.0 Å². The average molecular weight is 418 g/mol. The molecule has 2 aromatic rings. The summed E-state index contributed by atoms with van der Waals surface area (Å²) in [6.07, 6.45) is 2.88. The molecule has 1 aliphatic heterocycles. The van der Waals surface area contributed by atoms with E-state index in [9.17, 15) is 13.5 Å². The van der Waals surface area contributed by atoms with Crippen molar-refractivity contribution in [1.29, 1.82) is 0 Å². The quantitative estimate of drug-likeness (QED) is 0.689. The minimum Gasteiger partial charge on any atom is -0.491 e. The Bertz CT molecular complexity index is 925. The molecule has 0 aromatic heterocycles. The van der Waals surface area contributed by atoms with Crippen LogP contribution in [0.1, 0.15) is 17.5 Å². The fraction of sp³-hybridized carbons (Fsp3) is 0.455. The third-order valence-corrected chi connectivity index (χ3v) is 7.76. The summed E-state index contributed by atoms with van der Waals surface area (Å²) in [5, 5.41) is 10.4. The van der Waals surface area contributed by atoms with Gasteiger partial charge in [0.25, 0.3) is 0 Å². The Labute approximate surface area is 172 Å². The maximum Gasteiger partial charge on any atom is 0.243 e. The van der Waals surface area contributed by atoms with Gasteiger partial charge in [-0.3, -0.25) is 0 Å². The van der Waals surface area contributed by atoms with Crippen molar-refractivity contribution in [2.24, 2.45) is 0 Å². The number of rotatable bonds is 7. The van der Waals surface area contributed by atoms with Crippen LogP contribution in [0, 0.1) is 0 Å². The van der Waals surface area contributed by atoms with Crippen molar-refractivity contribution in [1.82, 2.24) is 4.31 Å². The van der Waals surface area contributed by atoms with Crippen molar-refractivity contribution in [3.05, 3.63) is 59.7 Å². The predicted octanol–water partition coefficient (Wildman–Crippen LogP) is 0.504. The number of quaternary nitrogens is 1. The van der Waals surface area contributed by atoms with Gasteiger partial charge in [-0.05, 0) is 54.7 Å². The molecule has 0 saturated carbocycles. The number of hydrogen-bond acceptors (Lipinski definition) is 4. The number of aliphatic hydroxyl groups is 1. The number of aliphatic hydroxyl groups excluding tert-OH is 1. The van der Waals surface area contributed by atoms with Gasteiger partial charge in [0, 0.05) is 0 Å². The topological polar surface area (TPSA) is 71.3 Å². The predicted molar refractivity (Wildman–Crippen MR) is 111 cm³/mol. The Morgan fingerprint density at radius 1 is 1.03 bits per heavy atom. The highest BCUT2D eigenvalue weighted by atomic mass is 32.2. The first-order valence-corrected chi connectivity index (χ1v) is 11.8. The molecule has 0 amide bonds. The maximum atomic E-state index is 12.7. The summed E-state index contributed by atoms with van der Waals surface area (Å²) in [4.78, 5) is 1.54. The van der Waals surface area contributed by atoms with Gasteiger partial charge < -0.3 is 14.7 Å². The third-order valence-electron chi connectivity index (χ3n) is 5.85. The molecule has 2 aliphatic rings. The molecule has 0 bridgehead atoms. The molecule has 7 heteroatoms. The SMILES string of the molecule is O=S(=O)(c1ccccc1)N1CC[NH+](C[C@@H](O)COc2ccc3c(c2)CCC3)CC1. The van der Waals surface area contributed by atoms with Crippen LogP contribution in [0.3, 0.4) is 0 Å². The fourth-order valence-electron chi connectivity index (χ4n) is 4.21. The molecule has 0 spiro atoms. The van der Waals surface area contributed by atoms with E-state index in [1.165, 1.54) is 22.4 Å². The van der Waals surface area contributed by atoms with Crippen molar-refractivity contribution >= 4 is 10.0 Å². The lowest BCUT2D eigenvalue weighted by Crippen LogP contribution is -3.15. The van der Waals surface area contributed by atoms with Gasteiger partial charge in [-0.1, -0.05) is 24.3 Å². The van der Waals surface area contributed by atoms with E-state index in [1.807, 2.05) is 12.1 Å². The largest absolute Gasteiger partial charge is 0.491 e. The summed E-state index contributed by atoms with van der Waals surface area (Å²) >= 11 is 0. The van der Waals surface area contributed by atoms with Crippen molar-refractivity contribution < 1.29 is 23.2 Å². The number of nitrogens with zero attached hydrogens (tertiary/aromatic N) is 1. The summed E-state index contributed by atoms with van der Waals surface area (Å²) < 4.78 is 32.7. The summed E-state index contributed by atoms with van der Waals surface area (Å²) in [6, 6.07) is 14.8. The Kier molecular flexibility index (Phi) is 6.20. The molecule has 6 nitrogen and oxygen atoms in total. The molecule has 2 N–H and O–H groups in total. The molecular formula is C22H29N2O4S+. The summed E-state index contributed by atoms with van der Waals surface area (Å²) in [5.74, 6) is 0.818. The van der Waals surface area contributed by atoms with Gasteiger partial charge in [0.1, 0.15) is 25.0 Å². The monoisotopic (exact) mass is 417 g/mol. The Morgan fingerprint density at radius 2 is 1.76 bits per heavy atom. The van der Waals surface area contributed by atoms with E-state index in [0.717, 1.165) is 18.6 Å². The molecule has 156 valence electrons. The van der Waals surface area contributed by atoms with Crippen molar-refractivity contribution in [2.45, 2.75) is 30.3 Å². The molecule has 1 fully saturated rings. The van der Waals surface area contributed by atoms with Gasteiger partial charge in [-0.2, -0.15) is 4.31 Å². The molecule has 1 heterocycles. The van der Waals surface area contributed by atoms with E-state index < -0.39 is 16.1 Å². The molecule has 4 rings (SSSR count). The lowest BCUT2D eigenvalue weighted by Gasteiger charge is -2.32. The lowest BCUT2D eigenvalue weighted by atomic mass is 10.1. The van der Waals surface area contributed by atoms with Crippen LogP contribution in [0.15, 0.2) is 53.4 Å². The van der Waals surface area contributed by atoms with Crippen LogP contribution in [0.4, 0.5) is 0 Å². The molecule has 0 unspecified atom stereocenters. The van der Waals surface area contributed by atoms with Gasteiger partial charge in [0.15, 0.2) is 0 Å². The van der Waals surface area contributed by atoms with Crippen LogP contribution >= 0.6 is 0 Å². The van der Waals surface area contributed by atoms with Gasteiger partial charge in [-0.15, -0.1) is 0 Å². The number of aryl methyl sites for hydroxylation is 2. The highest BCUT2D eigenvalue weighted by Crippen LogP contribution is 2.26. The van der Waals surface area contributed by atoms with Crippen molar-refractivity contribution in [3.63, 3.8) is 0 Å². The van der Waals surface area contributed by atoms with Gasteiger partial charge in [-0.25, -0.2) is 8.42 Å². The Balaban J connectivity index is 1.24. The van der Waals surface area contributed by atoms with Crippen LogP contribution in [0.2, 0.25) is 0 Å². The standard InChI is InChI=1S/C22H28N2O4S/c25-20(17-28-21-10-9-18-5-4-6-19(18)15-21)16-23-11-13-24(14-12-23)29(26,27)22-7-2-1-3-8-22/h1-3,7-10,15,20,25H,4-6,11-14,16-17H2/p+1/t20-/m1/s1. The first-order valence-electron chi connectivity index (χ1n) is 10.3. The fourth-order valence-corrected chi connectivity index (χ4v) is 5.67. The first kappa shape index (κ1) is 20.3. The highest BCUT2D eigenvalue weighted by Gasteiger charge is 2.31. The second-order valence-electron chi connectivity index (χ2n) is 7.92. The van der Waals surface area contributed by atoms with E-state index in [1.54, 1.807) is 28.6 Å². The average Bonchev–Trinajstić information content (AvgIpc) is 3.21. The third kappa shape index (κ3) is 4.80. The second kappa shape index (κ2) is 8.83. The van der Waals surface area contributed by atoms with Gasteiger partial charge in [0.05, 0.1) is 31.1 Å². The van der Waals surface area contributed by atoms with E-state index in [-0.39, 0.29) is 6.61 Å². The zero-order valence-corrected chi connectivity index (χ0v) is 17.4. The zero-order chi connectivity index (χ0) is 20.3. The first-order chi connectivity index (χ1) is 14.0. The van der Waals surface area contributed by atoms with E-state index >= 15 is 0 Å². The number of benzene rings is 2. The summed E-state index contributed by atoms with van der Waals surface area (Å²) in [6.45, 7) is 3.11.